The Morgan fingerprint density at radius 3 is 3.00 bits per heavy atom. The van der Waals surface area contributed by atoms with Gasteiger partial charge >= 0.3 is 0 Å². The third kappa shape index (κ3) is 2.45. The lowest BCUT2D eigenvalue weighted by Crippen LogP contribution is -2.47. The largest absolute Gasteiger partial charge is 0.487 e. The molecule has 1 saturated carbocycles. The van der Waals surface area contributed by atoms with E-state index in [1.165, 1.54) is 17.7 Å². The Morgan fingerprint density at radius 2 is 2.24 bits per heavy atom. The Morgan fingerprint density at radius 1 is 1.41 bits per heavy atom. The predicted octanol–water partition coefficient (Wildman–Crippen LogP) is 2.93. The lowest BCUT2D eigenvalue weighted by Gasteiger charge is -2.32. The van der Waals surface area contributed by atoms with Crippen LogP contribution in [0.15, 0.2) is 29.2 Å². The zero-order chi connectivity index (χ0) is 11.7. The van der Waals surface area contributed by atoms with Crippen LogP contribution < -0.4 is 10.1 Å². The van der Waals surface area contributed by atoms with Gasteiger partial charge < -0.3 is 10.1 Å². The van der Waals surface area contributed by atoms with Crippen LogP contribution >= 0.6 is 11.8 Å². The van der Waals surface area contributed by atoms with Crippen molar-refractivity contribution in [2.45, 2.75) is 36.8 Å². The van der Waals surface area contributed by atoms with E-state index in [0.717, 1.165) is 24.0 Å². The Bertz CT molecular complexity index is 392. The summed E-state index contributed by atoms with van der Waals surface area (Å²) in [6.45, 7) is 3.21. The minimum Gasteiger partial charge on any atom is -0.487 e. The number of hydrogen-bond donors (Lipinski definition) is 1. The number of ether oxygens (including phenoxy) is 1. The molecule has 0 spiro atoms. The van der Waals surface area contributed by atoms with Gasteiger partial charge in [-0.2, -0.15) is 0 Å². The summed E-state index contributed by atoms with van der Waals surface area (Å²) < 4.78 is 6.16. The Kier molecular flexibility index (Phi) is 3.30. The molecule has 1 N–H and O–H groups in total. The maximum absolute atomic E-state index is 6.16. The standard InChI is InChI=1S/C14H19NOS/c1-2-15-14(10-7-8-10)12-9-17-13-6-4-3-5-11(13)16-12/h3-6,10,12,14-15H,2,7-9H2,1H3. The molecule has 0 saturated heterocycles. The zero-order valence-corrected chi connectivity index (χ0v) is 11.0. The van der Waals surface area contributed by atoms with Crippen LogP contribution in [0.25, 0.3) is 0 Å². The fourth-order valence-corrected chi connectivity index (χ4v) is 3.56. The van der Waals surface area contributed by atoms with Crippen molar-refractivity contribution < 1.29 is 4.74 Å². The summed E-state index contributed by atoms with van der Waals surface area (Å²) in [7, 11) is 0. The second-order valence-corrected chi connectivity index (χ2v) is 5.90. The molecule has 1 heterocycles. The first-order chi connectivity index (χ1) is 8.38. The Balaban J connectivity index is 1.73. The lowest BCUT2D eigenvalue weighted by atomic mass is 10.1. The molecule has 3 heteroatoms. The minimum atomic E-state index is 0.336. The topological polar surface area (TPSA) is 21.3 Å². The van der Waals surface area contributed by atoms with Crippen molar-refractivity contribution in [1.29, 1.82) is 0 Å². The molecule has 0 amide bonds. The minimum absolute atomic E-state index is 0.336. The summed E-state index contributed by atoms with van der Waals surface area (Å²) in [6.07, 6.45) is 3.07. The number of thioether (sulfide) groups is 1. The third-order valence-electron chi connectivity index (χ3n) is 3.50. The van der Waals surface area contributed by atoms with Crippen LogP contribution in [0.4, 0.5) is 0 Å². The van der Waals surface area contributed by atoms with Crippen LogP contribution in [0.5, 0.6) is 5.75 Å². The number of nitrogens with one attached hydrogen (secondary N) is 1. The van der Waals surface area contributed by atoms with E-state index in [-0.39, 0.29) is 0 Å². The van der Waals surface area contributed by atoms with Crippen molar-refractivity contribution >= 4 is 11.8 Å². The normalized spacial score (nSPS) is 24.9. The van der Waals surface area contributed by atoms with Gasteiger partial charge in [0, 0.05) is 16.7 Å². The van der Waals surface area contributed by atoms with Gasteiger partial charge in [0.05, 0.1) is 0 Å². The summed E-state index contributed by atoms with van der Waals surface area (Å²) >= 11 is 1.93. The summed E-state index contributed by atoms with van der Waals surface area (Å²) in [6, 6.07) is 8.92. The summed E-state index contributed by atoms with van der Waals surface area (Å²) in [5, 5.41) is 3.61. The van der Waals surface area contributed by atoms with Gasteiger partial charge in [-0.05, 0) is 37.4 Å². The average Bonchev–Trinajstić information content (AvgIpc) is 3.20. The molecular formula is C14H19NOS. The third-order valence-corrected chi connectivity index (χ3v) is 4.64. The van der Waals surface area contributed by atoms with Crippen molar-refractivity contribution in [2.75, 3.05) is 12.3 Å². The molecule has 2 nitrogen and oxygen atoms in total. The van der Waals surface area contributed by atoms with E-state index in [1.54, 1.807) is 0 Å². The van der Waals surface area contributed by atoms with Crippen LogP contribution in [0, 0.1) is 5.92 Å². The fraction of sp³-hybridized carbons (Fsp3) is 0.571. The highest BCUT2D eigenvalue weighted by molar-refractivity contribution is 7.99. The van der Waals surface area contributed by atoms with E-state index in [4.69, 9.17) is 4.74 Å². The maximum Gasteiger partial charge on any atom is 0.133 e. The number of para-hydroxylation sites is 1. The smallest absolute Gasteiger partial charge is 0.133 e. The van der Waals surface area contributed by atoms with Crippen molar-refractivity contribution in [3.05, 3.63) is 24.3 Å². The molecule has 92 valence electrons. The summed E-state index contributed by atoms with van der Waals surface area (Å²) in [4.78, 5) is 1.29. The molecule has 0 aromatic heterocycles. The van der Waals surface area contributed by atoms with E-state index in [2.05, 4.69) is 36.5 Å². The average molecular weight is 249 g/mol. The van der Waals surface area contributed by atoms with Crippen LogP contribution in [-0.4, -0.2) is 24.4 Å². The second kappa shape index (κ2) is 4.91. The summed E-state index contributed by atoms with van der Waals surface area (Å²) in [5.41, 5.74) is 0. The van der Waals surface area contributed by atoms with Gasteiger partial charge in [-0.1, -0.05) is 19.1 Å². The molecule has 2 atom stereocenters. The highest BCUT2D eigenvalue weighted by atomic mass is 32.2. The van der Waals surface area contributed by atoms with E-state index in [1.807, 2.05) is 11.8 Å². The molecule has 1 aromatic carbocycles. The van der Waals surface area contributed by atoms with Gasteiger partial charge in [-0.3, -0.25) is 0 Å². The fourth-order valence-electron chi connectivity index (χ4n) is 2.51. The van der Waals surface area contributed by atoms with Crippen LogP contribution in [-0.2, 0) is 0 Å². The van der Waals surface area contributed by atoms with Gasteiger partial charge in [0.1, 0.15) is 11.9 Å². The molecule has 1 aromatic rings. The first-order valence-corrected chi connectivity index (χ1v) is 7.49. The predicted molar refractivity (Wildman–Crippen MR) is 71.8 cm³/mol. The van der Waals surface area contributed by atoms with E-state index in [9.17, 15) is 0 Å². The van der Waals surface area contributed by atoms with Crippen LogP contribution in [0.3, 0.4) is 0 Å². The number of fused-ring (bicyclic) bond motifs is 1. The van der Waals surface area contributed by atoms with Crippen molar-refractivity contribution in [2.24, 2.45) is 5.92 Å². The molecule has 2 unspecified atom stereocenters. The van der Waals surface area contributed by atoms with Gasteiger partial charge in [-0.25, -0.2) is 0 Å². The highest BCUT2D eigenvalue weighted by Gasteiger charge is 2.38. The molecule has 17 heavy (non-hydrogen) atoms. The van der Waals surface area contributed by atoms with Crippen LogP contribution in [0.2, 0.25) is 0 Å². The first-order valence-electron chi connectivity index (χ1n) is 6.50. The number of likely N-dealkylation sites (N-methyl/N-ethyl adjacent to an activating group) is 1. The van der Waals surface area contributed by atoms with Gasteiger partial charge in [0.25, 0.3) is 0 Å². The number of rotatable bonds is 4. The van der Waals surface area contributed by atoms with Gasteiger partial charge in [0.15, 0.2) is 0 Å². The van der Waals surface area contributed by atoms with Crippen molar-refractivity contribution in [3.8, 4) is 5.75 Å². The van der Waals surface area contributed by atoms with E-state index in [0.29, 0.717) is 12.1 Å². The van der Waals surface area contributed by atoms with Gasteiger partial charge in [-0.15, -0.1) is 11.8 Å². The Hall–Kier alpha value is -0.670. The molecule has 0 bridgehead atoms. The maximum atomic E-state index is 6.16. The van der Waals surface area contributed by atoms with E-state index < -0.39 is 0 Å². The molecule has 3 rings (SSSR count). The highest BCUT2D eigenvalue weighted by Crippen LogP contribution is 2.40. The lowest BCUT2D eigenvalue weighted by molar-refractivity contribution is 0.155. The van der Waals surface area contributed by atoms with Crippen LogP contribution in [0.1, 0.15) is 19.8 Å². The van der Waals surface area contributed by atoms with Crippen molar-refractivity contribution in [3.63, 3.8) is 0 Å². The molecule has 1 aliphatic carbocycles. The molecule has 0 radical (unpaired) electrons. The number of hydrogen-bond acceptors (Lipinski definition) is 3. The van der Waals surface area contributed by atoms with E-state index >= 15 is 0 Å². The SMILES string of the molecule is CCNC(C1CC1)C1CSc2ccccc2O1. The molecule has 2 aliphatic rings. The number of benzene rings is 1. The zero-order valence-electron chi connectivity index (χ0n) is 10.2. The molecule has 1 aliphatic heterocycles. The Labute approximate surface area is 107 Å². The van der Waals surface area contributed by atoms with Crippen molar-refractivity contribution in [1.82, 2.24) is 5.32 Å². The second-order valence-electron chi connectivity index (χ2n) is 4.83. The monoisotopic (exact) mass is 249 g/mol. The first kappa shape index (κ1) is 11.4. The quantitative estimate of drug-likeness (QED) is 0.886. The molecular weight excluding hydrogens is 230 g/mol. The molecule has 1 fully saturated rings. The van der Waals surface area contributed by atoms with Gasteiger partial charge in [0.2, 0.25) is 0 Å². The summed E-state index contributed by atoms with van der Waals surface area (Å²) in [5.74, 6) is 2.98.